The highest BCUT2D eigenvalue weighted by molar-refractivity contribution is 7.98. The van der Waals surface area contributed by atoms with E-state index in [1.54, 1.807) is 30.3 Å². The van der Waals surface area contributed by atoms with E-state index in [2.05, 4.69) is 4.98 Å². The van der Waals surface area contributed by atoms with Crippen molar-refractivity contribution in [2.24, 2.45) is 14.1 Å². The first-order valence-electron chi connectivity index (χ1n) is 8.24. The lowest BCUT2D eigenvalue weighted by Crippen LogP contribution is -2.37. The molecule has 6 nitrogen and oxygen atoms in total. The quantitative estimate of drug-likeness (QED) is 0.607. The number of benzene rings is 1. The predicted molar refractivity (Wildman–Crippen MR) is 100 cm³/mol. The fourth-order valence-electron chi connectivity index (χ4n) is 2.70. The van der Waals surface area contributed by atoms with E-state index in [0.29, 0.717) is 17.0 Å². The van der Waals surface area contributed by atoms with E-state index in [1.165, 1.54) is 30.9 Å². The number of thioether (sulfide) groups is 1. The largest absolute Gasteiger partial charge is 0.406 e. The molecule has 0 spiro atoms. The number of aromatic nitrogens is 4. The van der Waals surface area contributed by atoms with Crippen molar-refractivity contribution < 1.29 is 13.2 Å². The summed E-state index contributed by atoms with van der Waals surface area (Å²) in [7, 11) is 2.87. The van der Waals surface area contributed by atoms with Gasteiger partial charge in [0, 0.05) is 31.6 Å². The summed E-state index contributed by atoms with van der Waals surface area (Å²) in [6.45, 7) is -1.19. The maximum atomic E-state index is 13.1. The van der Waals surface area contributed by atoms with Crippen molar-refractivity contribution in [3.8, 4) is 11.3 Å². The molecule has 0 amide bonds. The summed E-state index contributed by atoms with van der Waals surface area (Å²) in [4.78, 5) is 28.0. The van der Waals surface area contributed by atoms with Gasteiger partial charge in [0.2, 0.25) is 0 Å². The molecule has 10 heteroatoms. The van der Waals surface area contributed by atoms with Gasteiger partial charge in [-0.15, -0.1) is 0 Å². The minimum Gasteiger partial charge on any atom is -0.310 e. The first-order chi connectivity index (χ1) is 13.2. The van der Waals surface area contributed by atoms with Crippen molar-refractivity contribution in [2.45, 2.75) is 23.6 Å². The molecular weight excluding hydrogens is 393 g/mol. The molecule has 3 rings (SSSR count). The number of imidazole rings is 1. The van der Waals surface area contributed by atoms with Crippen LogP contribution in [0.4, 0.5) is 13.2 Å². The number of rotatable bonds is 5. The van der Waals surface area contributed by atoms with E-state index >= 15 is 0 Å². The maximum absolute atomic E-state index is 13.1. The first-order valence-corrected chi connectivity index (χ1v) is 9.22. The summed E-state index contributed by atoms with van der Waals surface area (Å²) in [6.07, 6.45) is -3.03. The second kappa shape index (κ2) is 7.70. The van der Waals surface area contributed by atoms with Crippen LogP contribution in [0.5, 0.6) is 0 Å². The highest BCUT2D eigenvalue weighted by Gasteiger charge is 2.30. The van der Waals surface area contributed by atoms with Gasteiger partial charge >= 0.3 is 11.9 Å². The van der Waals surface area contributed by atoms with Gasteiger partial charge in [-0.25, -0.2) is 9.78 Å². The molecule has 0 radical (unpaired) electrons. The smallest absolute Gasteiger partial charge is 0.310 e. The second-order valence-corrected chi connectivity index (χ2v) is 7.10. The Balaban J connectivity index is 1.96. The summed E-state index contributed by atoms with van der Waals surface area (Å²) >= 11 is 1.04. The van der Waals surface area contributed by atoms with Gasteiger partial charge in [0.05, 0.1) is 11.9 Å². The molecule has 0 aliphatic rings. The van der Waals surface area contributed by atoms with Crippen molar-refractivity contribution in [3.63, 3.8) is 0 Å². The van der Waals surface area contributed by atoms with Crippen LogP contribution >= 0.6 is 11.8 Å². The number of alkyl halides is 3. The third kappa shape index (κ3) is 4.22. The van der Waals surface area contributed by atoms with Gasteiger partial charge in [-0.3, -0.25) is 13.9 Å². The Hall–Kier alpha value is -2.75. The van der Waals surface area contributed by atoms with E-state index in [1.807, 2.05) is 0 Å². The minimum atomic E-state index is -4.42. The van der Waals surface area contributed by atoms with E-state index < -0.39 is 24.0 Å². The molecule has 3 aromatic rings. The number of halogens is 3. The number of nitrogens with zero attached hydrogens (tertiary/aromatic N) is 4. The van der Waals surface area contributed by atoms with Crippen molar-refractivity contribution in [3.05, 3.63) is 69.1 Å². The van der Waals surface area contributed by atoms with Crippen LogP contribution in [0.3, 0.4) is 0 Å². The number of hydrogen-bond donors (Lipinski definition) is 0. The lowest BCUT2D eigenvalue weighted by Gasteiger charge is -2.14. The highest BCUT2D eigenvalue weighted by Crippen LogP contribution is 2.31. The molecule has 0 aliphatic heterocycles. The van der Waals surface area contributed by atoms with Crippen LogP contribution in [0.2, 0.25) is 0 Å². The van der Waals surface area contributed by atoms with Crippen LogP contribution in [-0.2, 0) is 26.4 Å². The van der Waals surface area contributed by atoms with E-state index in [0.717, 1.165) is 20.9 Å². The summed E-state index contributed by atoms with van der Waals surface area (Å²) in [5.41, 5.74) is 0.403. The van der Waals surface area contributed by atoms with Crippen LogP contribution in [-0.4, -0.2) is 24.9 Å². The van der Waals surface area contributed by atoms with Gasteiger partial charge in [0.1, 0.15) is 6.54 Å². The molecule has 0 saturated heterocycles. The number of hydrogen-bond acceptors (Lipinski definition) is 4. The Morgan fingerprint density at radius 3 is 2.39 bits per heavy atom. The first kappa shape index (κ1) is 20.0. The zero-order valence-corrected chi connectivity index (χ0v) is 15.9. The molecule has 2 heterocycles. The third-order valence-electron chi connectivity index (χ3n) is 4.20. The molecule has 28 heavy (non-hydrogen) atoms. The SMILES string of the molecule is Cn1c(CSc2ncc(-c3ccccc3)n2CC(F)(F)F)cc(=O)n(C)c1=O. The minimum absolute atomic E-state index is 0.130. The standard InChI is InChI=1S/C18H17F3N4O2S/c1-23-13(8-15(26)24(2)17(23)27)10-28-16-22-9-14(12-6-4-3-5-7-12)25(16)11-18(19,20)21/h3-9H,10-11H2,1-2H3. The maximum Gasteiger partial charge on any atom is 0.406 e. The predicted octanol–water partition coefficient (Wildman–Crippen LogP) is 2.80. The van der Waals surface area contributed by atoms with E-state index in [4.69, 9.17) is 0 Å². The van der Waals surface area contributed by atoms with Gasteiger partial charge in [0.25, 0.3) is 5.56 Å². The average Bonchev–Trinajstić information content (AvgIpc) is 3.03. The lowest BCUT2D eigenvalue weighted by molar-refractivity contribution is -0.141. The second-order valence-electron chi connectivity index (χ2n) is 6.16. The monoisotopic (exact) mass is 410 g/mol. The summed E-state index contributed by atoms with van der Waals surface area (Å²) in [5.74, 6) is 0.130. The van der Waals surface area contributed by atoms with Crippen molar-refractivity contribution >= 4 is 11.8 Å². The molecule has 2 aromatic heterocycles. The lowest BCUT2D eigenvalue weighted by atomic mass is 10.2. The van der Waals surface area contributed by atoms with E-state index in [9.17, 15) is 22.8 Å². The van der Waals surface area contributed by atoms with Crippen LogP contribution < -0.4 is 11.2 Å². The fraction of sp³-hybridized carbons (Fsp3) is 0.278. The Morgan fingerprint density at radius 2 is 1.75 bits per heavy atom. The van der Waals surface area contributed by atoms with Crippen molar-refractivity contribution in [1.29, 1.82) is 0 Å². The average molecular weight is 410 g/mol. The molecule has 0 aliphatic carbocycles. The summed E-state index contributed by atoms with van der Waals surface area (Å²) in [6, 6.07) is 9.97. The summed E-state index contributed by atoms with van der Waals surface area (Å²) in [5, 5.41) is 0.157. The third-order valence-corrected chi connectivity index (χ3v) is 5.22. The molecule has 0 N–H and O–H groups in total. The van der Waals surface area contributed by atoms with Crippen molar-refractivity contribution in [1.82, 2.24) is 18.7 Å². The van der Waals surface area contributed by atoms with Gasteiger partial charge in [0.15, 0.2) is 5.16 Å². The highest BCUT2D eigenvalue weighted by atomic mass is 32.2. The molecule has 0 fully saturated rings. The van der Waals surface area contributed by atoms with Crippen LogP contribution in [0.1, 0.15) is 5.69 Å². The van der Waals surface area contributed by atoms with Gasteiger partial charge in [-0.1, -0.05) is 42.1 Å². The molecule has 0 saturated carbocycles. The molecule has 1 aromatic carbocycles. The molecular formula is C18H17F3N4O2S. The Labute approximate surface area is 162 Å². The molecule has 0 atom stereocenters. The van der Waals surface area contributed by atoms with Crippen LogP contribution in [0, 0.1) is 0 Å². The zero-order valence-electron chi connectivity index (χ0n) is 15.1. The van der Waals surface area contributed by atoms with Crippen LogP contribution in [0.15, 0.2) is 57.3 Å². The van der Waals surface area contributed by atoms with E-state index in [-0.39, 0.29) is 10.9 Å². The van der Waals surface area contributed by atoms with Crippen molar-refractivity contribution in [2.75, 3.05) is 0 Å². The topological polar surface area (TPSA) is 61.8 Å². The Morgan fingerprint density at radius 1 is 1.07 bits per heavy atom. The molecule has 148 valence electrons. The van der Waals surface area contributed by atoms with Gasteiger partial charge in [-0.05, 0) is 5.56 Å². The summed E-state index contributed by atoms with van der Waals surface area (Å²) < 4.78 is 42.7. The van der Waals surface area contributed by atoms with Gasteiger partial charge < -0.3 is 4.57 Å². The van der Waals surface area contributed by atoms with Crippen LogP contribution in [0.25, 0.3) is 11.3 Å². The molecule has 0 bridgehead atoms. The van der Waals surface area contributed by atoms with Gasteiger partial charge in [-0.2, -0.15) is 13.2 Å². The molecule has 0 unspecified atom stereocenters. The Bertz CT molecular complexity index is 1100. The zero-order chi connectivity index (χ0) is 20.5. The normalized spacial score (nSPS) is 11.8. The Kier molecular flexibility index (Phi) is 5.50. The fourth-order valence-corrected chi connectivity index (χ4v) is 3.70.